The Labute approximate surface area is 120 Å². The summed E-state index contributed by atoms with van der Waals surface area (Å²) in [6.07, 6.45) is 5.45. The van der Waals surface area contributed by atoms with Gasteiger partial charge in [-0.25, -0.2) is 4.79 Å². The van der Waals surface area contributed by atoms with Gasteiger partial charge in [0.2, 0.25) is 0 Å². The number of benzene rings is 1. The second-order valence-electron chi connectivity index (χ2n) is 5.97. The molecule has 1 aromatic rings. The summed E-state index contributed by atoms with van der Waals surface area (Å²) in [7, 11) is 0. The molecule has 0 radical (unpaired) electrons. The molecule has 1 aliphatic carbocycles. The summed E-state index contributed by atoms with van der Waals surface area (Å²) in [5.41, 5.74) is 2.23. The molecule has 0 amide bonds. The third kappa shape index (κ3) is 4.82. The van der Waals surface area contributed by atoms with E-state index >= 15 is 0 Å². The zero-order valence-corrected chi connectivity index (χ0v) is 12.2. The summed E-state index contributed by atoms with van der Waals surface area (Å²) in [6, 6.07) is 8.92. The minimum absolute atomic E-state index is 0.688. The van der Waals surface area contributed by atoms with Gasteiger partial charge < -0.3 is 5.11 Å². The number of carboxylic acids is 1. The van der Waals surface area contributed by atoms with Gasteiger partial charge in [0.05, 0.1) is 0 Å². The van der Waals surface area contributed by atoms with Crippen molar-refractivity contribution in [1.29, 1.82) is 0 Å². The van der Waals surface area contributed by atoms with Crippen LogP contribution in [0.25, 0.3) is 6.08 Å². The molecule has 0 saturated heterocycles. The number of hydrogen-bond acceptors (Lipinski definition) is 2. The predicted molar refractivity (Wildman–Crippen MR) is 81.4 cm³/mol. The number of rotatable bonds is 7. The molecule has 0 aromatic heterocycles. The van der Waals surface area contributed by atoms with Crippen molar-refractivity contribution in [3.63, 3.8) is 0 Å². The standard InChI is InChI=1S/C17H23NO2/c1-13(2)11-18(16-8-9-16)12-15-5-3-14(4-6-15)7-10-17(19)20/h3-7,10,13,16H,8-9,11-12H2,1-2H3,(H,19,20). The average Bonchev–Trinajstić information content (AvgIpc) is 3.21. The second-order valence-corrected chi connectivity index (χ2v) is 5.97. The highest BCUT2D eigenvalue weighted by atomic mass is 16.4. The van der Waals surface area contributed by atoms with Crippen LogP contribution in [0.2, 0.25) is 0 Å². The van der Waals surface area contributed by atoms with E-state index < -0.39 is 5.97 Å². The molecule has 108 valence electrons. The van der Waals surface area contributed by atoms with E-state index in [2.05, 4.69) is 30.9 Å². The number of carboxylic acid groups (broad SMARTS) is 1. The van der Waals surface area contributed by atoms with Crippen LogP contribution in [0.4, 0.5) is 0 Å². The van der Waals surface area contributed by atoms with E-state index in [0.29, 0.717) is 5.92 Å². The van der Waals surface area contributed by atoms with Crippen molar-refractivity contribution in [2.24, 2.45) is 5.92 Å². The Hall–Kier alpha value is -1.61. The lowest BCUT2D eigenvalue weighted by atomic mass is 10.1. The SMILES string of the molecule is CC(C)CN(Cc1ccc(C=CC(=O)O)cc1)C1CC1. The van der Waals surface area contributed by atoms with Gasteiger partial charge in [-0.15, -0.1) is 0 Å². The number of aliphatic carboxylic acids is 1. The van der Waals surface area contributed by atoms with E-state index in [9.17, 15) is 4.79 Å². The molecular weight excluding hydrogens is 250 g/mol. The molecule has 0 atom stereocenters. The maximum absolute atomic E-state index is 10.5. The Bertz CT molecular complexity index is 472. The van der Waals surface area contributed by atoms with Crippen LogP contribution in [0, 0.1) is 5.92 Å². The fourth-order valence-corrected chi connectivity index (χ4v) is 2.39. The molecule has 1 aromatic carbocycles. The monoisotopic (exact) mass is 273 g/mol. The van der Waals surface area contributed by atoms with E-state index in [0.717, 1.165) is 24.7 Å². The highest BCUT2D eigenvalue weighted by Gasteiger charge is 2.28. The first-order valence-corrected chi connectivity index (χ1v) is 7.28. The van der Waals surface area contributed by atoms with Crippen LogP contribution in [0.15, 0.2) is 30.3 Å². The van der Waals surface area contributed by atoms with Crippen LogP contribution >= 0.6 is 0 Å². The molecule has 2 rings (SSSR count). The van der Waals surface area contributed by atoms with Gasteiger partial charge in [0.15, 0.2) is 0 Å². The van der Waals surface area contributed by atoms with Crippen molar-refractivity contribution >= 4 is 12.0 Å². The second kappa shape index (κ2) is 6.71. The largest absolute Gasteiger partial charge is 0.478 e. The predicted octanol–water partition coefficient (Wildman–Crippen LogP) is 3.40. The third-order valence-corrected chi connectivity index (χ3v) is 3.45. The summed E-state index contributed by atoms with van der Waals surface area (Å²) in [5, 5.41) is 8.61. The Morgan fingerprint density at radius 2 is 2.00 bits per heavy atom. The van der Waals surface area contributed by atoms with E-state index in [-0.39, 0.29) is 0 Å². The minimum atomic E-state index is -0.911. The van der Waals surface area contributed by atoms with Crippen molar-refractivity contribution in [2.75, 3.05) is 6.54 Å². The summed E-state index contributed by atoms with van der Waals surface area (Å²) >= 11 is 0. The molecule has 0 aliphatic heterocycles. The van der Waals surface area contributed by atoms with Crippen molar-refractivity contribution in [1.82, 2.24) is 4.90 Å². The first-order chi connectivity index (χ1) is 9.54. The molecule has 0 spiro atoms. The van der Waals surface area contributed by atoms with Gasteiger partial charge in [-0.3, -0.25) is 4.90 Å². The lowest BCUT2D eigenvalue weighted by molar-refractivity contribution is -0.131. The molecule has 0 heterocycles. The van der Waals surface area contributed by atoms with Gasteiger partial charge in [-0.2, -0.15) is 0 Å². The summed E-state index contributed by atoms with van der Waals surface area (Å²) in [5.74, 6) is -0.223. The highest BCUT2D eigenvalue weighted by Crippen LogP contribution is 2.29. The van der Waals surface area contributed by atoms with Crippen LogP contribution in [0.5, 0.6) is 0 Å². The zero-order valence-electron chi connectivity index (χ0n) is 12.2. The number of nitrogens with zero attached hydrogens (tertiary/aromatic N) is 1. The van der Waals surface area contributed by atoms with Crippen LogP contribution in [0.1, 0.15) is 37.8 Å². The van der Waals surface area contributed by atoms with Gasteiger partial charge in [0, 0.05) is 25.2 Å². The summed E-state index contributed by atoms with van der Waals surface area (Å²) in [6.45, 7) is 6.65. The van der Waals surface area contributed by atoms with Gasteiger partial charge in [-0.05, 0) is 36.0 Å². The summed E-state index contributed by atoms with van der Waals surface area (Å²) in [4.78, 5) is 13.0. The average molecular weight is 273 g/mol. The topological polar surface area (TPSA) is 40.5 Å². The quantitative estimate of drug-likeness (QED) is 0.774. The number of hydrogen-bond donors (Lipinski definition) is 1. The van der Waals surface area contributed by atoms with Gasteiger partial charge >= 0.3 is 5.97 Å². The zero-order chi connectivity index (χ0) is 14.5. The molecule has 0 bridgehead atoms. The van der Waals surface area contributed by atoms with Crippen LogP contribution in [0.3, 0.4) is 0 Å². The molecule has 1 N–H and O–H groups in total. The van der Waals surface area contributed by atoms with Gasteiger partial charge in [-0.1, -0.05) is 38.1 Å². The van der Waals surface area contributed by atoms with E-state index in [1.165, 1.54) is 24.5 Å². The minimum Gasteiger partial charge on any atom is -0.478 e. The molecular formula is C17H23NO2. The van der Waals surface area contributed by atoms with Crippen LogP contribution < -0.4 is 0 Å². The fraction of sp³-hybridized carbons (Fsp3) is 0.471. The smallest absolute Gasteiger partial charge is 0.328 e. The maximum atomic E-state index is 10.5. The first kappa shape index (κ1) is 14.8. The maximum Gasteiger partial charge on any atom is 0.328 e. The Balaban J connectivity index is 1.96. The van der Waals surface area contributed by atoms with Crippen molar-refractivity contribution in [2.45, 2.75) is 39.3 Å². The van der Waals surface area contributed by atoms with Crippen LogP contribution in [-0.4, -0.2) is 28.6 Å². The molecule has 3 heteroatoms. The summed E-state index contributed by atoms with van der Waals surface area (Å²) < 4.78 is 0. The molecule has 1 aliphatic rings. The fourth-order valence-electron chi connectivity index (χ4n) is 2.39. The van der Waals surface area contributed by atoms with Gasteiger partial charge in [0.1, 0.15) is 0 Å². The van der Waals surface area contributed by atoms with Crippen molar-refractivity contribution in [3.8, 4) is 0 Å². The first-order valence-electron chi connectivity index (χ1n) is 7.28. The van der Waals surface area contributed by atoms with Crippen LogP contribution in [-0.2, 0) is 11.3 Å². The molecule has 20 heavy (non-hydrogen) atoms. The third-order valence-electron chi connectivity index (χ3n) is 3.45. The Morgan fingerprint density at radius 1 is 1.35 bits per heavy atom. The van der Waals surface area contributed by atoms with E-state index in [1.54, 1.807) is 6.08 Å². The lowest BCUT2D eigenvalue weighted by Crippen LogP contribution is -2.29. The van der Waals surface area contributed by atoms with E-state index in [4.69, 9.17) is 5.11 Å². The normalized spacial score (nSPS) is 15.4. The lowest BCUT2D eigenvalue weighted by Gasteiger charge is -2.24. The van der Waals surface area contributed by atoms with Gasteiger partial charge in [0.25, 0.3) is 0 Å². The van der Waals surface area contributed by atoms with Crippen molar-refractivity contribution in [3.05, 3.63) is 41.5 Å². The molecule has 3 nitrogen and oxygen atoms in total. The molecule has 1 fully saturated rings. The van der Waals surface area contributed by atoms with E-state index in [1.807, 2.05) is 12.1 Å². The molecule has 0 unspecified atom stereocenters. The Kier molecular flexibility index (Phi) is 4.96. The highest BCUT2D eigenvalue weighted by molar-refractivity contribution is 5.85. The molecule has 1 saturated carbocycles. The number of carbonyl (C=O) groups is 1. The Morgan fingerprint density at radius 3 is 2.50 bits per heavy atom. The van der Waals surface area contributed by atoms with Crippen molar-refractivity contribution < 1.29 is 9.90 Å².